The number of hydrogen-bond donors (Lipinski definition) is 2. The number of nitrogens with zero attached hydrogens (tertiary/aromatic N) is 1. The molecule has 2 aliphatic heterocycles. The second-order valence-electron chi connectivity index (χ2n) is 7.62. The van der Waals surface area contributed by atoms with Gasteiger partial charge in [-0.3, -0.25) is 24.6 Å². The number of carbonyl (C=O) groups excluding carboxylic acids is 3. The molecular formula is C21H22N2O6. The zero-order chi connectivity index (χ0) is 20.9. The van der Waals surface area contributed by atoms with Gasteiger partial charge in [-0.25, -0.2) is 0 Å². The average molecular weight is 398 g/mol. The molecule has 1 aromatic heterocycles. The van der Waals surface area contributed by atoms with Crippen LogP contribution in [0.25, 0.3) is 0 Å². The van der Waals surface area contributed by atoms with E-state index in [1.807, 2.05) is 0 Å². The molecule has 2 aliphatic rings. The standard InChI is InChI=1S/C21H22N2O6/c1-11-4-9-14(29-11)17-15-16(19(26)23(2)18(15)25)21(22-17,20(27)28-3)10-12-5-7-13(24)8-6-12/h4-9,15-17,22,24H,10H2,1-3H3/t15-,16-,17-,21-/m0/s1. The first-order chi connectivity index (χ1) is 13.8. The van der Waals surface area contributed by atoms with Gasteiger partial charge in [0.25, 0.3) is 0 Å². The van der Waals surface area contributed by atoms with Crippen molar-refractivity contribution >= 4 is 17.8 Å². The fraction of sp³-hybridized carbons (Fsp3) is 0.381. The number of imide groups is 1. The summed E-state index contributed by atoms with van der Waals surface area (Å²) in [4.78, 5) is 40.1. The van der Waals surface area contributed by atoms with Gasteiger partial charge in [0.1, 0.15) is 22.8 Å². The highest BCUT2D eigenvalue weighted by atomic mass is 16.5. The van der Waals surface area contributed by atoms with Crippen molar-refractivity contribution in [2.24, 2.45) is 11.8 Å². The lowest BCUT2D eigenvalue weighted by Gasteiger charge is -2.32. The molecule has 2 aromatic rings. The van der Waals surface area contributed by atoms with E-state index in [1.165, 1.54) is 26.3 Å². The zero-order valence-electron chi connectivity index (χ0n) is 16.3. The Hall–Kier alpha value is -3.13. The minimum atomic E-state index is -1.45. The van der Waals surface area contributed by atoms with Gasteiger partial charge in [0.2, 0.25) is 11.8 Å². The van der Waals surface area contributed by atoms with E-state index in [0.717, 1.165) is 4.90 Å². The van der Waals surface area contributed by atoms with Crippen molar-refractivity contribution < 1.29 is 28.6 Å². The van der Waals surface area contributed by atoms with Crippen molar-refractivity contribution in [3.05, 3.63) is 53.5 Å². The zero-order valence-corrected chi connectivity index (χ0v) is 16.3. The van der Waals surface area contributed by atoms with Crippen molar-refractivity contribution in [2.45, 2.75) is 24.9 Å². The number of esters is 1. The van der Waals surface area contributed by atoms with Crippen LogP contribution in [0.5, 0.6) is 5.75 Å². The maximum Gasteiger partial charge on any atom is 0.327 e. The van der Waals surface area contributed by atoms with Crippen LogP contribution < -0.4 is 5.32 Å². The summed E-state index contributed by atoms with van der Waals surface area (Å²) in [6.07, 6.45) is 0.115. The molecule has 0 spiro atoms. The van der Waals surface area contributed by atoms with E-state index in [0.29, 0.717) is 17.1 Å². The number of phenolic OH excluding ortho intramolecular Hbond substituents is 1. The SMILES string of the molecule is COC(=O)[C@@]1(Cc2ccc(O)cc2)N[C@@H](c2ccc(C)o2)[C@H]2C(=O)N(C)C(=O)[C@H]21. The summed E-state index contributed by atoms with van der Waals surface area (Å²) in [5, 5.41) is 12.8. The van der Waals surface area contributed by atoms with Crippen LogP contribution in [-0.2, 0) is 25.5 Å². The molecule has 1 aromatic carbocycles. The van der Waals surface area contributed by atoms with Crippen molar-refractivity contribution in [3.63, 3.8) is 0 Å². The Bertz CT molecular complexity index is 981. The number of likely N-dealkylation sites (tertiary alicyclic amines) is 1. The molecule has 3 heterocycles. The number of amides is 2. The molecule has 4 atom stereocenters. The molecule has 0 radical (unpaired) electrons. The fourth-order valence-corrected chi connectivity index (χ4v) is 4.55. The highest BCUT2D eigenvalue weighted by Gasteiger charge is 2.68. The number of benzene rings is 1. The fourth-order valence-electron chi connectivity index (χ4n) is 4.55. The molecule has 8 heteroatoms. The van der Waals surface area contributed by atoms with Gasteiger partial charge in [-0.1, -0.05) is 12.1 Å². The van der Waals surface area contributed by atoms with E-state index in [9.17, 15) is 19.5 Å². The molecule has 0 bridgehead atoms. The number of ether oxygens (including phenoxy) is 1. The van der Waals surface area contributed by atoms with Gasteiger partial charge in [-0.2, -0.15) is 0 Å². The molecule has 0 aliphatic carbocycles. The van der Waals surface area contributed by atoms with E-state index in [2.05, 4.69) is 5.32 Å². The molecule has 29 heavy (non-hydrogen) atoms. The van der Waals surface area contributed by atoms with Crippen LogP contribution in [0, 0.1) is 18.8 Å². The highest BCUT2D eigenvalue weighted by molar-refractivity contribution is 6.09. The van der Waals surface area contributed by atoms with Gasteiger partial charge >= 0.3 is 5.97 Å². The van der Waals surface area contributed by atoms with Gasteiger partial charge in [0, 0.05) is 13.5 Å². The Morgan fingerprint density at radius 1 is 1.21 bits per heavy atom. The molecule has 0 saturated carbocycles. The van der Waals surface area contributed by atoms with Gasteiger partial charge in [-0.15, -0.1) is 0 Å². The number of nitrogens with one attached hydrogen (secondary N) is 1. The Morgan fingerprint density at radius 2 is 1.90 bits per heavy atom. The summed E-state index contributed by atoms with van der Waals surface area (Å²) >= 11 is 0. The lowest BCUT2D eigenvalue weighted by Crippen LogP contribution is -2.57. The van der Waals surface area contributed by atoms with Crippen LogP contribution in [0.15, 0.2) is 40.8 Å². The van der Waals surface area contributed by atoms with Crippen LogP contribution in [0.3, 0.4) is 0 Å². The van der Waals surface area contributed by atoms with E-state index in [-0.39, 0.29) is 18.1 Å². The van der Waals surface area contributed by atoms with Crippen LogP contribution in [-0.4, -0.2) is 47.5 Å². The summed E-state index contributed by atoms with van der Waals surface area (Å²) in [6, 6.07) is 9.23. The third-order valence-electron chi connectivity index (χ3n) is 5.91. The summed E-state index contributed by atoms with van der Waals surface area (Å²) in [7, 11) is 2.68. The topological polar surface area (TPSA) is 109 Å². The third-order valence-corrected chi connectivity index (χ3v) is 5.91. The number of aromatic hydroxyl groups is 1. The smallest absolute Gasteiger partial charge is 0.327 e. The lowest BCUT2D eigenvalue weighted by molar-refractivity contribution is -0.153. The van der Waals surface area contributed by atoms with Gasteiger partial charge in [0.05, 0.1) is 25.0 Å². The maximum atomic E-state index is 13.0. The molecule has 2 saturated heterocycles. The number of aryl methyl sites for hydroxylation is 1. The first-order valence-corrected chi connectivity index (χ1v) is 9.30. The first kappa shape index (κ1) is 19.2. The number of furan rings is 1. The van der Waals surface area contributed by atoms with Gasteiger partial charge in [0.15, 0.2) is 0 Å². The molecule has 2 fully saturated rings. The van der Waals surface area contributed by atoms with Crippen LogP contribution >= 0.6 is 0 Å². The minimum absolute atomic E-state index is 0.0916. The average Bonchev–Trinajstić information content (AvgIpc) is 3.35. The number of carbonyl (C=O) groups is 3. The first-order valence-electron chi connectivity index (χ1n) is 9.30. The minimum Gasteiger partial charge on any atom is -0.508 e. The number of hydrogen-bond acceptors (Lipinski definition) is 7. The predicted octanol–water partition coefficient (Wildman–Crippen LogP) is 1.32. The maximum absolute atomic E-state index is 13.0. The third kappa shape index (κ3) is 2.82. The number of fused-ring (bicyclic) bond motifs is 1. The Morgan fingerprint density at radius 3 is 2.48 bits per heavy atom. The van der Waals surface area contributed by atoms with E-state index in [1.54, 1.807) is 31.2 Å². The van der Waals surface area contributed by atoms with E-state index in [4.69, 9.17) is 9.15 Å². The Labute approximate surface area is 167 Å². The monoisotopic (exact) mass is 398 g/mol. The second kappa shape index (κ2) is 6.73. The predicted molar refractivity (Wildman–Crippen MR) is 101 cm³/mol. The Balaban J connectivity index is 1.84. The van der Waals surface area contributed by atoms with E-state index >= 15 is 0 Å². The normalized spacial score (nSPS) is 28.7. The van der Waals surface area contributed by atoms with Gasteiger partial charge in [-0.05, 0) is 36.8 Å². The molecule has 2 N–H and O–H groups in total. The van der Waals surface area contributed by atoms with Crippen molar-refractivity contribution in [1.29, 1.82) is 0 Å². The second-order valence-corrected chi connectivity index (χ2v) is 7.62. The summed E-state index contributed by atoms with van der Waals surface area (Å²) in [5.41, 5.74) is -0.732. The molecule has 152 valence electrons. The number of phenols is 1. The van der Waals surface area contributed by atoms with Gasteiger partial charge < -0.3 is 14.3 Å². The molecule has 8 nitrogen and oxygen atoms in total. The van der Waals surface area contributed by atoms with Crippen molar-refractivity contribution in [2.75, 3.05) is 14.2 Å². The summed E-state index contributed by atoms with van der Waals surface area (Å²) in [5.74, 6) is -1.88. The van der Waals surface area contributed by atoms with E-state index < -0.39 is 35.3 Å². The summed E-state index contributed by atoms with van der Waals surface area (Å²) < 4.78 is 10.8. The Kier molecular flexibility index (Phi) is 4.46. The molecular weight excluding hydrogens is 376 g/mol. The number of rotatable bonds is 4. The molecule has 4 rings (SSSR count). The quantitative estimate of drug-likeness (QED) is 0.591. The largest absolute Gasteiger partial charge is 0.508 e. The molecule has 2 amide bonds. The van der Waals surface area contributed by atoms with Crippen LogP contribution in [0.2, 0.25) is 0 Å². The van der Waals surface area contributed by atoms with Crippen molar-refractivity contribution in [3.8, 4) is 5.75 Å². The lowest BCUT2D eigenvalue weighted by atomic mass is 9.76. The van der Waals surface area contributed by atoms with Crippen LogP contribution in [0.1, 0.15) is 23.1 Å². The molecule has 0 unspecified atom stereocenters. The summed E-state index contributed by atoms with van der Waals surface area (Å²) in [6.45, 7) is 1.79. The highest BCUT2D eigenvalue weighted by Crippen LogP contribution is 2.50. The van der Waals surface area contributed by atoms with Crippen molar-refractivity contribution in [1.82, 2.24) is 10.2 Å². The van der Waals surface area contributed by atoms with Crippen LogP contribution in [0.4, 0.5) is 0 Å². The number of methoxy groups -OCH3 is 1.